The molecule has 4 heteroatoms. The summed E-state index contributed by atoms with van der Waals surface area (Å²) in [5, 5.41) is 30.1. The highest BCUT2D eigenvalue weighted by Gasteiger charge is 2.15. The van der Waals surface area contributed by atoms with Gasteiger partial charge >= 0.3 is 0 Å². The highest BCUT2D eigenvalue weighted by atomic mass is 16.3. The number of rotatable bonds is 5. The Labute approximate surface area is 141 Å². The number of carbonyl (C=O) groups is 1. The predicted octanol–water partition coefficient (Wildman–Crippen LogP) is 4.21. The molecule has 2 aromatic carbocycles. The van der Waals surface area contributed by atoms with Crippen LogP contribution in [-0.2, 0) is 6.42 Å². The fourth-order valence-electron chi connectivity index (χ4n) is 2.22. The van der Waals surface area contributed by atoms with E-state index in [1.54, 1.807) is 24.3 Å². The van der Waals surface area contributed by atoms with Gasteiger partial charge in [0.25, 0.3) is 0 Å². The second-order valence-electron chi connectivity index (χ2n) is 5.71. The van der Waals surface area contributed by atoms with Crippen LogP contribution in [0, 0.1) is 0 Å². The van der Waals surface area contributed by atoms with Gasteiger partial charge in [-0.3, -0.25) is 4.79 Å². The lowest BCUT2D eigenvalue weighted by Gasteiger charge is -2.10. The number of phenols is 3. The number of carbonyl (C=O) groups excluding carboxylic acids is 1. The Morgan fingerprint density at radius 2 is 1.71 bits per heavy atom. The number of hydrogen-bond acceptors (Lipinski definition) is 4. The molecule has 0 heterocycles. The van der Waals surface area contributed by atoms with E-state index < -0.39 is 0 Å². The minimum atomic E-state index is -0.350. The van der Waals surface area contributed by atoms with Gasteiger partial charge < -0.3 is 15.3 Å². The van der Waals surface area contributed by atoms with Crippen LogP contribution in [0.1, 0.15) is 35.3 Å². The van der Waals surface area contributed by atoms with Gasteiger partial charge in [0.1, 0.15) is 5.75 Å². The Balaban J connectivity index is 2.35. The monoisotopic (exact) mass is 324 g/mol. The van der Waals surface area contributed by atoms with Crippen molar-refractivity contribution in [3.05, 3.63) is 70.8 Å². The highest BCUT2D eigenvalue weighted by molar-refractivity contribution is 6.07. The third-order valence-corrected chi connectivity index (χ3v) is 3.57. The molecule has 0 aliphatic rings. The quantitative estimate of drug-likeness (QED) is 0.253. The van der Waals surface area contributed by atoms with Crippen LogP contribution < -0.4 is 0 Å². The summed E-state index contributed by atoms with van der Waals surface area (Å²) >= 11 is 0. The molecule has 0 aliphatic carbocycles. The van der Waals surface area contributed by atoms with E-state index >= 15 is 0 Å². The maximum absolute atomic E-state index is 12.1. The Kier molecular flexibility index (Phi) is 5.42. The maximum Gasteiger partial charge on any atom is 0.185 e. The Bertz CT molecular complexity index is 798. The molecular formula is C20H20O4. The lowest BCUT2D eigenvalue weighted by Crippen LogP contribution is -1.93. The van der Waals surface area contributed by atoms with Crippen molar-refractivity contribution in [3.8, 4) is 17.2 Å². The first-order valence-corrected chi connectivity index (χ1v) is 7.57. The zero-order chi connectivity index (χ0) is 17.7. The van der Waals surface area contributed by atoms with Gasteiger partial charge in [-0.1, -0.05) is 42.0 Å². The molecule has 2 rings (SSSR count). The zero-order valence-electron chi connectivity index (χ0n) is 13.7. The molecule has 0 fully saturated rings. The molecule has 0 aromatic heterocycles. The number of ketones is 1. The number of benzene rings is 2. The number of aromatic hydroxyl groups is 3. The molecule has 0 unspecified atom stereocenters. The van der Waals surface area contributed by atoms with Crippen LogP contribution in [0.5, 0.6) is 17.2 Å². The first kappa shape index (κ1) is 17.3. The number of hydrogen-bond donors (Lipinski definition) is 3. The average molecular weight is 324 g/mol. The van der Waals surface area contributed by atoms with Gasteiger partial charge in [0.2, 0.25) is 0 Å². The molecule has 0 aliphatic heterocycles. The summed E-state index contributed by atoms with van der Waals surface area (Å²) in [6.07, 6.45) is 4.86. The summed E-state index contributed by atoms with van der Waals surface area (Å²) in [6, 6.07) is 9.97. The van der Waals surface area contributed by atoms with Crippen LogP contribution in [0.2, 0.25) is 0 Å². The van der Waals surface area contributed by atoms with Gasteiger partial charge in [0.05, 0.1) is 0 Å². The van der Waals surface area contributed by atoms with Crippen molar-refractivity contribution >= 4 is 11.9 Å². The van der Waals surface area contributed by atoms with Crippen molar-refractivity contribution in [1.82, 2.24) is 0 Å². The van der Waals surface area contributed by atoms with Crippen molar-refractivity contribution in [2.45, 2.75) is 20.3 Å². The third kappa shape index (κ3) is 4.04. The number of allylic oxidation sites excluding steroid dienone is 3. The fraction of sp³-hybridized carbons (Fsp3) is 0.150. The maximum atomic E-state index is 12.1. The van der Waals surface area contributed by atoms with E-state index in [1.807, 2.05) is 26.0 Å². The van der Waals surface area contributed by atoms with Gasteiger partial charge in [-0.2, -0.15) is 0 Å². The first-order chi connectivity index (χ1) is 11.4. The molecule has 0 atom stereocenters. The molecule has 2 aromatic rings. The van der Waals surface area contributed by atoms with E-state index in [-0.39, 0.29) is 40.6 Å². The van der Waals surface area contributed by atoms with E-state index in [9.17, 15) is 20.1 Å². The van der Waals surface area contributed by atoms with Gasteiger partial charge in [0, 0.05) is 16.7 Å². The summed E-state index contributed by atoms with van der Waals surface area (Å²) in [5.74, 6) is -1.05. The minimum absolute atomic E-state index is 0.153. The Morgan fingerprint density at radius 1 is 1.04 bits per heavy atom. The van der Waals surface area contributed by atoms with Crippen LogP contribution in [0.15, 0.2) is 54.1 Å². The summed E-state index contributed by atoms with van der Waals surface area (Å²) < 4.78 is 0. The molecule has 0 bridgehead atoms. The minimum Gasteiger partial charge on any atom is -0.507 e. The molecule has 0 saturated carbocycles. The molecule has 0 spiro atoms. The van der Waals surface area contributed by atoms with E-state index in [4.69, 9.17) is 0 Å². The van der Waals surface area contributed by atoms with E-state index in [2.05, 4.69) is 0 Å². The van der Waals surface area contributed by atoms with Crippen LogP contribution >= 0.6 is 0 Å². The van der Waals surface area contributed by atoms with Gasteiger partial charge in [-0.25, -0.2) is 0 Å². The largest absolute Gasteiger partial charge is 0.507 e. The fourth-order valence-corrected chi connectivity index (χ4v) is 2.22. The van der Waals surface area contributed by atoms with Crippen molar-refractivity contribution in [3.63, 3.8) is 0 Å². The Hall–Kier alpha value is -3.01. The Morgan fingerprint density at radius 3 is 2.33 bits per heavy atom. The lowest BCUT2D eigenvalue weighted by atomic mass is 10.0. The zero-order valence-corrected chi connectivity index (χ0v) is 13.7. The standard InChI is InChI=1S/C20H20O4/c1-13(2)8-10-16-19(23)15(12-18(22)20(16)24)9-11-17(21)14-6-4-3-5-7-14/h3-9,11-12,22-24H,10H2,1-2H3. The topological polar surface area (TPSA) is 77.8 Å². The van der Waals surface area contributed by atoms with E-state index in [0.29, 0.717) is 5.56 Å². The average Bonchev–Trinajstić information content (AvgIpc) is 2.57. The normalized spacial score (nSPS) is 10.8. The molecule has 0 saturated heterocycles. The molecule has 4 nitrogen and oxygen atoms in total. The van der Waals surface area contributed by atoms with Crippen LogP contribution in [0.3, 0.4) is 0 Å². The van der Waals surface area contributed by atoms with Crippen molar-refractivity contribution in [2.24, 2.45) is 0 Å². The van der Waals surface area contributed by atoms with Crippen molar-refractivity contribution in [2.75, 3.05) is 0 Å². The van der Waals surface area contributed by atoms with Crippen LogP contribution in [-0.4, -0.2) is 21.1 Å². The summed E-state index contributed by atoms with van der Waals surface area (Å²) in [5.41, 5.74) is 2.05. The predicted molar refractivity (Wildman–Crippen MR) is 94.4 cm³/mol. The first-order valence-electron chi connectivity index (χ1n) is 7.57. The lowest BCUT2D eigenvalue weighted by molar-refractivity contribution is 0.104. The van der Waals surface area contributed by atoms with Gasteiger partial charge in [0.15, 0.2) is 17.3 Å². The summed E-state index contributed by atoms with van der Waals surface area (Å²) in [6.45, 7) is 3.80. The highest BCUT2D eigenvalue weighted by Crippen LogP contribution is 2.39. The van der Waals surface area contributed by atoms with Crippen LogP contribution in [0.25, 0.3) is 6.08 Å². The van der Waals surface area contributed by atoms with Gasteiger partial charge in [-0.15, -0.1) is 0 Å². The molecule has 24 heavy (non-hydrogen) atoms. The molecule has 124 valence electrons. The second-order valence-corrected chi connectivity index (χ2v) is 5.71. The molecule has 0 amide bonds. The number of phenolic OH excluding ortho intramolecular Hbond substituents is 3. The van der Waals surface area contributed by atoms with E-state index in [1.165, 1.54) is 18.2 Å². The van der Waals surface area contributed by atoms with Crippen LogP contribution in [0.4, 0.5) is 0 Å². The van der Waals surface area contributed by atoms with Gasteiger partial charge in [-0.05, 0) is 38.5 Å². The SMILES string of the molecule is CC(C)=CCc1c(O)c(O)cc(C=CC(=O)c2ccccc2)c1O. The molecule has 3 N–H and O–H groups in total. The molecule has 0 radical (unpaired) electrons. The second kappa shape index (κ2) is 7.51. The van der Waals surface area contributed by atoms with Crippen molar-refractivity contribution in [1.29, 1.82) is 0 Å². The smallest absolute Gasteiger partial charge is 0.185 e. The van der Waals surface area contributed by atoms with E-state index in [0.717, 1.165) is 5.57 Å². The van der Waals surface area contributed by atoms with Crippen molar-refractivity contribution < 1.29 is 20.1 Å². The summed E-state index contributed by atoms with van der Waals surface area (Å²) in [4.78, 5) is 12.1. The summed E-state index contributed by atoms with van der Waals surface area (Å²) in [7, 11) is 0. The molecular weight excluding hydrogens is 304 g/mol. The third-order valence-electron chi connectivity index (χ3n) is 3.57.